The molecule has 3 rings (SSSR count). The molecular formula is C20H22BrN3O2S. The quantitative estimate of drug-likeness (QED) is 0.527. The number of carbonyl (C=O) groups excluding carboxylic acids is 1. The number of benzene rings is 2. The van der Waals surface area contributed by atoms with Crippen LogP contribution in [0.25, 0.3) is 10.2 Å². The number of amides is 1. The molecule has 0 radical (unpaired) electrons. The first kappa shape index (κ1) is 19.8. The number of anilines is 1. The summed E-state index contributed by atoms with van der Waals surface area (Å²) in [4.78, 5) is 21.8. The summed E-state index contributed by atoms with van der Waals surface area (Å²) in [6.07, 6.45) is 0.870. The number of methoxy groups -OCH3 is 1. The Kier molecular flexibility index (Phi) is 6.46. The van der Waals surface area contributed by atoms with E-state index in [4.69, 9.17) is 9.72 Å². The molecule has 0 atom stereocenters. The predicted octanol–water partition coefficient (Wildman–Crippen LogP) is 4.67. The highest BCUT2D eigenvalue weighted by atomic mass is 79.9. The van der Waals surface area contributed by atoms with E-state index in [1.165, 1.54) is 11.3 Å². The van der Waals surface area contributed by atoms with Crippen molar-refractivity contribution in [1.29, 1.82) is 0 Å². The highest BCUT2D eigenvalue weighted by Crippen LogP contribution is 2.32. The molecule has 1 amide bonds. The first-order chi connectivity index (χ1) is 13.0. The van der Waals surface area contributed by atoms with Crippen LogP contribution < -0.4 is 9.64 Å². The smallest absolute Gasteiger partial charge is 0.260 e. The van der Waals surface area contributed by atoms with Gasteiger partial charge in [0.15, 0.2) is 5.13 Å². The normalized spacial score (nSPS) is 11.1. The third-order valence-corrected chi connectivity index (χ3v) is 5.67. The van der Waals surface area contributed by atoms with E-state index in [-0.39, 0.29) is 5.91 Å². The number of aromatic nitrogens is 1. The number of halogens is 1. The van der Waals surface area contributed by atoms with Gasteiger partial charge >= 0.3 is 0 Å². The Hall–Kier alpha value is -1.96. The van der Waals surface area contributed by atoms with Crippen molar-refractivity contribution >= 4 is 48.5 Å². The maximum absolute atomic E-state index is 13.2. The molecule has 1 aromatic heterocycles. The van der Waals surface area contributed by atoms with E-state index in [2.05, 4.69) is 20.8 Å². The van der Waals surface area contributed by atoms with Gasteiger partial charge in [-0.25, -0.2) is 4.98 Å². The lowest BCUT2D eigenvalue weighted by atomic mass is 10.2. The van der Waals surface area contributed by atoms with Gasteiger partial charge in [0.2, 0.25) is 0 Å². The summed E-state index contributed by atoms with van der Waals surface area (Å²) in [5.74, 6) is 0.685. The SMILES string of the molecule is COc1ccc(C(=O)N(CCCN(C)C)c2nc3ccc(Br)cc3s2)cc1. The average Bonchev–Trinajstić information content (AvgIpc) is 3.07. The molecule has 5 nitrogen and oxygen atoms in total. The van der Waals surface area contributed by atoms with Crippen molar-refractivity contribution in [2.24, 2.45) is 0 Å². The molecule has 142 valence electrons. The first-order valence-corrected chi connectivity index (χ1v) is 10.3. The first-order valence-electron chi connectivity index (χ1n) is 8.64. The fourth-order valence-corrected chi connectivity index (χ4v) is 4.26. The van der Waals surface area contributed by atoms with Crippen LogP contribution in [-0.2, 0) is 0 Å². The number of nitrogens with zero attached hydrogens (tertiary/aromatic N) is 3. The summed E-state index contributed by atoms with van der Waals surface area (Å²) >= 11 is 5.03. The highest BCUT2D eigenvalue weighted by molar-refractivity contribution is 9.10. The van der Waals surface area contributed by atoms with Gasteiger partial charge in [0.1, 0.15) is 5.75 Å². The maximum atomic E-state index is 13.2. The molecule has 0 fully saturated rings. The van der Waals surface area contributed by atoms with Crippen LogP contribution in [0.3, 0.4) is 0 Å². The Morgan fingerprint density at radius 2 is 1.89 bits per heavy atom. The number of thiazole rings is 1. The molecule has 0 aliphatic heterocycles. The number of fused-ring (bicyclic) bond motifs is 1. The van der Waals surface area contributed by atoms with E-state index in [9.17, 15) is 4.79 Å². The van der Waals surface area contributed by atoms with Crippen molar-refractivity contribution in [2.45, 2.75) is 6.42 Å². The van der Waals surface area contributed by atoms with Crippen LogP contribution in [0.5, 0.6) is 5.75 Å². The summed E-state index contributed by atoms with van der Waals surface area (Å²) < 4.78 is 7.25. The molecule has 0 unspecified atom stereocenters. The monoisotopic (exact) mass is 447 g/mol. The molecule has 3 aromatic rings. The van der Waals surface area contributed by atoms with E-state index in [1.807, 2.05) is 32.3 Å². The van der Waals surface area contributed by atoms with Gasteiger partial charge in [-0.05, 0) is 69.5 Å². The lowest BCUT2D eigenvalue weighted by molar-refractivity contribution is 0.0986. The molecule has 0 saturated carbocycles. The van der Waals surface area contributed by atoms with Crippen LogP contribution in [0.1, 0.15) is 16.8 Å². The number of hydrogen-bond acceptors (Lipinski definition) is 5. The van der Waals surface area contributed by atoms with Crippen LogP contribution in [0, 0.1) is 0 Å². The van der Waals surface area contributed by atoms with Gasteiger partial charge in [0.25, 0.3) is 5.91 Å². The number of carbonyl (C=O) groups is 1. The lowest BCUT2D eigenvalue weighted by Gasteiger charge is -2.21. The van der Waals surface area contributed by atoms with Crippen molar-refractivity contribution in [3.05, 3.63) is 52.5 Å². The molecule has 0 saturated heterocycles. The van der Waals surface area contributed by atoms with E-state index in [0.29, 0.717) is 12.1 Å². The average molecular weight is 448 g/mol. The molecule has 0 aliphatic carbocycles. The Labute approximate surface area is 171 Å². The van der Waals surface area contributed by atoms with Gasteiger partial charge < -0.3 is 9.64 Å². The number of ether oxygens (including phenoxy) is 1. The van der Waals surface area contributed by atoms with E-state index in [0.717, 1.165) is 38.5 Å². The summed E-state index contributed by atoms with van der Waals surface area (Å²) in [5.41, 5.74) is 1.53. The molecule has 0 aliphatic rings. The Balaban J connectivity index is 1.91. The largest absolute Gasteiger partial charge is 0.497 e. The van der Waals surface area contributed by atoms with Gasteiger partial charge in [-0.3, -0.25) is 9.69 Å². The summed E-state index contributed by atoms with van der Waals surface area (Å²) in [7, 11) is 5.68. The van der Waals surface area contributed by atoms with Crippen molar-refractivity contribution in [3.8, 4) is 5.75 Å². The number of rotatable bonds is 7. The van der Waals surface area contributed by atoms with Gasteiger partial charge in [-0.15, -0.1) is 0 Å². The minimum Gasteiger partial charge on any atom is -0.497 e. The van der Waals surface area contributed by atoms with Crippen LogP contribution in [-0.4, -0.2) is 50.1 Å². The maximum Gasteiger partial charge on any atom is 0.260 e. The molecule has 0 bridgehead atoms. The molecule has 0 N–H and O–H groups in total. The highest BCUT2D eigenvalue weighted by Gasteiger charge is 2.21. The lowest BCUT2D eigenvalue weighted by Crippen LogP contribution is -2.33. The molecule has 2 aromatic carbocycles. The fraction of sp³-hybridized carbons (Fsp3) is 0.300. The Morgan fingerprint density at radius 1 is 1.15 bits per heavy atom. The van der Waals surface area contributed by atoms with E-state index < -0.39 is 0 Å². The van der Waals surface area contributed by atoms with Crippen LogP contribution in [0.2, 0.25) is 0 Å². The molecule has 27 heavy (non-hydrogen) atoms. The second kappa shape index (κ2) is 8.82. The third-order valence-electron chi connectivity index (χ3n) is 4.14. The van der Waals surface area contributed by atoms with Gasteiger partial charge in [-0.2, -0.15) is 0 Å². The predicted molar refractivity (Wildman–Crippen MR) is 115 cm³/mol. The van der Waals surface area contributed by atoms with Gasteiger partial charge in [-0.1, -0.05) is 27.3 Å². The van der Waals surface area contributed by atoms with Crippen molar-refractivity contribution in [2.75, 3.05) is 39.2 Å². The van der Waals surface area contributed by atoms with Crippen molar-refractivity contribution in [1.82, 2.24) is 9.88 Å². The van der Waals surface area contributed by atoms with Gasteiger partial charge in [0, 0.05) is 16.6 Å². The number of hydrogen-bond donors (Lipinski definition) is 0. The molecule has 0 spiro atoms. The minimum atomic E-state index is -0.0467. The second-order valence-corrected chi connectivity index (χ2v) is 8.38. The molecule has 1 heterocycles. The zero-order valence-electron chi connectivity index (χ0n) is 15.6. The van der Waals surface area contributed by atoms with Crippen LogP contribution >= 0.6 is 27.3 Å². The third kappa shape index (κ3) is 4.86. The fourth-order valence-electron chi connectivity index (χ4n) is 2.72. The molecular weight excluding hydrogens is 426 g/mol. The standard InChI is InChI=1S/C20H22BrN3O2S/c1-23(2)11-4-12-24(19(25)14-5-8-16(26-3)9-6-14)20-22-17-10-7-15(21)13-18(17)27-20/h5-10,13H,4,11-12H2,1-3H3. The van der Waals surface area contributed by atoms with Crippen LogP contribution in [0.15, 0.2) is 46.9 Å². The zero-order valence-corrected chi connectivity index (χ0v) is 18.0. The van der Waals surface area contributed by atoms with Crippen LogP contribution in [0.4, 0.5) is 5.13 Å². The Morgan fingerprint density at radius 3 is 2.56 bits per heavy atom. The summed E-state index contributed by atoms with van der Waals surface area (Å²) in [6, 6.07) is 13.2. The topological polar surface area (TPSA) is 45.7 Å². The van der Waals surface area contributed by atoms with E-state index in [1.54, 1.807) is 36.3 Å². The zero-order chi connectivity index (χ0) is 19.4. The molecule has 7 heteroatoms. The summed E-state index contributed by atoms with van der Waals surface area (Å²) in [6.45, 7) is 1.52. The van der Waals surface area contributed by atoms with Crippen molar-refractivity contribution in [3.63, 3.8) is 0 Å². The van der Waals surface area contributed by atoms with Crippen molar-refractivity contribution < 1.29 is 9.53 Å². The summed E-state index contributed by atoms with van der Waals surface area (Å²) in [5, 5.41) is 0.725. The Bertz CT molecular complexity index is 925. The van der Waals surface area contributed by atoms with Gasteiger partial charge in [0.05, 0.1) is 17.3 Å². The van der Waals surface area contributed by atoms with E-state index >= 15 is 0 Å². The second-order valence-electron chi connectivity index (χ2n) is 6.45. The minimum absolute atomic E-state index is 0.0467.